The number of sulfonamides is 1. The van der Waals surface area contributed by atoms with Crippen LogP contribution in [0.2, 0.25) is 0 Å². The molecule has 164 valence electrons. The molecule has 1 saturated heterocycles. The largest absolute Gasteiger partial charge is 0.495 e. The molecule has 1 aliphatic heterocycles. The Morgan fingerprint density at radius 1 is 1.23 bits per heavy atom. The first-order valence-electron chi connectivity index (χ1n) is 10.1. The van der Waals surface area contributed by atoms with Crippen molar-refractivity contribution in [2.75, 3.05) is 29.0 Å². The average Bonchev–Trinajstić information content (AvgIpc) is 3.46. The molecule has 1 aromatic carbocycles. The average molecular weight is 460 g/mol. The minimum atomic E-state index is -3.39. The second-order valence-corrected chi connectivity index (χ2v) is 10.2. The van der Waals surface area contributed by atoms with Crippen LogP contribution in [0.15, 0.2) is 59.6 Å². The Bertz CT molecular complexity index is 1090. The Balaban J connectivity index is 1.55. The zero-order valence-electron chi connectivity index (χ0n) is 17.2. The number of hydrogen-bond donors (Lipinski definition) is 1. The van der Waals surface area contributed by atoms with E-state index in [9.17, 15) is 13.2 Å². The van der Waals surface area contributed by atoms with E-state index in [0.29, 0.717) is 30.1 Å². The van der Waals surface area contributed by atoms with Crippen molar-refractivity contribution in [2.45, 2.75) is 25.3 Å². The third-order valence-electron chi connectivity index (χ3n) is 5.37. The van der Waals surface area contributed by atoms with Gasteiger partial charge in [-0.25, -0.2) is 8.42 Å². The lowest BCUT2D eigenvalue weighted by molar-refractivity contribution is -0.116. The van der Waals surface area contributed by atoms with E-state index in [1.807, 2.05) is 45.9 Å². The van der Waals surface area contributed by atoms with Crippen LogP contribution in [0, 0.1) is 0 Å². The number of carbonyl (C=O) groups is 1. The molecule has 0 unspecified atom stereocenters. The molecule has 0 aliphatic carbocycles. The molecule has 1 fully saturated rings. The fraction of sp³-hybridized carbons (Fsp3) is 0.318. The van der Waals surface area contributed by atoms with Gasteiger partial charge >= 0.3 is 0 Å². The molecule has 1 amide bonds. The number of carbonyl (C=O) groups excluding carboxylic acids is 1. The lowest BCUT2D eigenvalue weighted by Crippen LogP contribution is -2.38. The Morgan fingerprint density at radius 3 is 2.71 bits per heavy atom. The number of nitrogens with zero attached hydrogens (tertiary/aromatic N) is 2. The smallest absolute Gasteiger partial charge is 0.235 e. The maximum Gasteiger partial charge on any atom is 0.235 e. The zero-order valence-corrected chi connectivity index (χ0v) is 18.9. The minimum Gasteiger partial charge on any atom is -0.495 e. The molecule has 0 spiro atoms. The molecule has 0 saturated carbocycles. The van der Waals surface area contributed by atoms with Gasteiger partial charge in [-0.2, -0.15) is 11.3 Å². The van der Waals surface area contributed by atoms with Crippen molar-refractivity contribution in [3.63, 3.8) is 0 Å². The van der Waals surface area contributed by atoms with Gasteiger partial charge in [-0.3, -0.25) is 9.10 Å². The molecule has 7 nitrogen and oxygen atoms in total. The van der Waals surface area contributed by atoms with Gasteiger partial charge in [-0.05, 0) is 65.6 Å². The molecule has 3 heterocycles. The molecule has 4 rings (SSSR count). The summed E-state index contributed by atoms with van der Waals surface area (Å²) in [4.78, 5) is 12.9. The molecule has 0 radical (unpaired) electrons. The second-order valence-electron chi connectivity index (χ2n) is 7.44. The lowest BCUT2D eigenvalue weighted by atomic mass is 10.1. The van der Waals surface area contributed by atoms with Gasteiger partial charge in [0.2, 0.25) is 15.9 Å². The monoisotopic (exact) mass is 459 g/mol. The van der Waals surface area contributed by atoms with Crippen LogP contribution in [0.4, 0.5) is 11.4 Å². The fourth-order valence-electron chi connectivity index (χ4n) is 3.83. The summed E-state index contributed by atoms with van der Waals surface area (Å²) in [5.41, 5.74) is 2.07. The number of aromatic nitrogens is 1. The Morgan fingerprint density at radius 2 is 2.03 bits per heavy atom. The van der Waals surface area contributed by atoms with E-state index in [0.717, 1.165) is 12.0 Å². The molecule has 0 bridgehead atoms. The molecule has 2 aromatic heterocycles. The number of benzene rings is 1. The molecule has 1 aliphatic rings. The van der Waals surface area contributed by atoms with Gasteiger partial charge in [-0.15, -0.1) is 0 Å². The van der Waals surface area contributed by atoms with Gasteiger partial charge in [-0.1, -0.05) is 0 Å². The summed E-state index contributed by atoms with van der Waals surface area (Å²) in [6, 6.07) is 10.9. The van der Waals surface area contributed by atoms with Crippen molar-refractivity contribution in [2.24, 2.45) is 0 Å². The molecule has 1 atom stereocenters. The quantitative estimate of drug-likeness (QED) is 0.577. The van der Waals surface area contributed by atoms with Gasteiger partial charge in [0.25, 0.3) is 0 Å². The summed E-state index contributed by atoms with van der Waals surface area (Å²) < 4.78 is 33.9. The predicted octanol–water partition coefficient (Wildman–Crippen LogP) is 4.11. The fourth-order valence-corrected chi connectivity index (χ4v) is 6.17. The van der Waals surface area contributed by atoms with E-state index in [4.69, 9.17) is 4.74 Å². The molecule has 9 heteroatoms. The first kappa shape index (κ1) is 21.5. The van der Waals surface area contributed by atoms with Crippen molar-refractivity contribution in [1.29, 1.82) is 0 Å². The Labute approximate surface area is 186 Å². The number of rotatable bonds is 7. The van der Waals surface area contributed by atoms with Gasteiger partial charge < -0.3 is 14.6 Å². The van der Waals surface area contributed by atoms with Crippen LogP contribution in [-0.2, 0) is 14.8 Å². The SMILES string of the molecule is COc1ccc(NC(=O)C[C@@H](c2ccsc2)n2cccc2)cc1N1CCCCS1(=O)=O. The predicted molar refractivity (Wildman–Crippen MR) is 123 cm³/mol. The second kappa shape index (κ2) is 9.15. The summed E-state index contributed by atoms with van der Waals surface area (Å²) in [6.45, 7) is 0.407. The number of thiophene rings is 1. The van der Waals surface area contributed by atoms with Crippen molar-refractivity contribution in [1.82, 2.24) is 4.57 Å². The molecule has 31 heavy (non-hydrogen) atoms. The first-order valence-corrected chi connectivity index (χ1v) is 12.7. The van der Waals surface area contributed by atoms with E-state index in [1.54, 1.807) is 29.5 Å². The van der Waals surface area contributed by atoms with Crippen LogP contribution in [0.25, 0.3) is 0 Å². The highest BCUT2D eigenvalue weighted by molar-refractivity contribution is 7.92. The number of hydrogen-bond acceptors (Lipinski definition) is 5. The third kappa shape index (κ3) is 4.77. The number of methoxy groups -OCH3 is 1. The highest BCUT2D eigenvalue weighted by atomic mass is 32.2. The van der Waals surface area contributed by atoms with Crippen LogP contribution in [-0.4, -0.2) is 38.3 Å². The van der Waals surface area contributed by atoms with Gasteiger partial charge in [0.1, 0.15) is 5.75 Å². The van der Waals surface area contributed by atoms with Crippen molar-refractivity contribution in [3.05, 3.63) is 65.1 Å². The van der Waals surface area contributed by atoms with E-state index < -0.39 is 10.0 Å². The molecule has 1 N–H and O–H groups in total. The maximum atomic E-state index is 12.9. The van der Waals surface area contributed by atoms with Crippen LogP contribution < -0.4 is 14.4 Å². The van der Waals surface area contributed by atoms with E-state index in [-0.39, 0.29) is 24.1 Å². The highest BCUT2D eigenvalue weighted by Crippen LogP contribution is 2.35. The van der Waals surface area contributed by atoms with Gasteiger partial charge in [0.05, 0.1) is 31.0 Å². The number of ether oxygens (including phenoxy) is 1. The maximum absolute atomic E-state index is 12.9. The zero-order chi connectivity index (χ0) is 21.8. The van der Waals surface area contributed by atoms with Crippen LogP contribution in [0.3, 0.4) is 0 Å². The number of amides is 1. The molecular weight excluding hydrogens is 434 g/mol. The third-order valence-corrected chi connectivity index (χ3v) is 7.93. The molecule has 3 aromatic rings. The topological polar surface area (TPSA) is 80.6 Å². The summed E-state index contributed by atoms with van der Waals surface area (Å²) in [5.74, 6) is 0.431. The van der Waals surface area contributed by atoms with Crippen molar-refractivity contribution in [3.8, 4) is 5.75 Å². The Kier molecular flexibility index (Phi) is 6.33. The summed E-state index contributed by atoms with van der Waals surface area (Å²) in [6.07, 6.45) is 5.60. The number of nitrogens with one attached hydrogen (secondary N) is 1. The van der Waals surface area contributed by atoms with Crippen LogP contribution in [0.1, 0.15) is 30.9 Å². The standard InChI is InChI=1S/C22H25N3O4S2/c1-29-21-7-6-18(14-20(21)25-11-4-5-13-31(25,27)28)23-22(26)15-19(17-8-12-30-16-17)24-9-2-3-10-24/h2-3,6-10,12,14,16,19H,4-5,11,13,15H2,1H3,(H,23,26)/t19-/m0/s1. The molecular formula is C22H25N3O4S2. The van der Waals surface area contributed by atoms with Crippen molar-refractivity contribution < 1.29 is 17.9 Å². The van der Waals surface area contributed by atoms with Crippen LogP contribution >= 0.6 is 11.3 Å². The lowest BCUT2D eigenvalue weighted by Gasteiger charge is -2.29. The minimum absolute atomic E-state index is 0.110. The Hall–Kier alpha value is -2.78. The van der Waals surface area contributed by atoms with E-state index in [2.05, 4.69) is 5.32 Å². The summed E-state index contributed by atoms with van der Waals surface area (Å²) >= 11 is 1.60. The van der Waals surface area contributed by atoms with Gasteiger partial charge in [0, 0.05) is 24.6 Å². The first-order chi connectivity index (χ1) is 15.0. The van der Waals surface area contributed by atoms with E-state index in [1.165, 1.54) is 11.4 Å². The normalized spacial score (nSPS) is 16.6. The summed E-state index contributed by atoms with van der Waals surface area (Å²) in [5, 5.41) is 6.97. The highest BCUT2D eigenvalue weighted by Gasteiger charge is 2.28. The summed E-state index contributed by atoms with van der Waals surface area (Å²) in [7, 11) is -1.88. The number of anilines is 2. The van der Waals surface area contributed by atoms with E-state index >= 15 is 0 Å². The van der Waals surface area contributed by atoms with Crippen molar-refractivity contribution >= 4 is 38.6 Å². The van der Waals surface area contributed by atoms with Crippen LogP contribution in [0.5, 0.6) is 5.75 Å². The van der Waals surface area contributed by atoms with Gasteiger partial charge in [0.15, 0.2) is 0 Å².